The summed E-state index contributed by atoms with van der Waals surface area (Å²) in [5.74, 6) is 1.08. The number of fused-ring (bicyclic) bond motifs is 2. The maximum absolute atomic E-state index is 13.7. The van der Waals surface area contributed by atoms with Crippen LogP contribution in [0.3, 0.4) is 0 Å². The van der Waals surface area contributed by atoms with Gasteiger partial charge in [-0.15, -0.1) is 0 Å². The first kappa shape index (κ1) is 28.3. The van der Waals surface area contributed by atoms with Crippen molar-refractivity contribution in [3.05, 3.63) is 42.0 Å². The van der Waals surface area contributed by atoms with Crippen LogP contribution in [0.15, 0.2) is 41.3 Å². The summed E-state index contributed by atoms with van der Waals surface area (Å²) in [6, 6.07) is 9.98. The Morgan fingerprint density at radius 2 is 1.58 bits per heavy atom. The number of ether oxygens (including phenoxy) is 2. The van der Waals surface area contributed by atoms with E-state index in [9.17, 15) is 13.2 Å². The third-order valence-corrected chi connectivity index (χ3v) is 9.33. The summed E-state index contributed by atoms with van der Waals surface area (Å²) in [5, 5.41) is 0.567. The summed E-state index contributed by atoms with van der Waals surface area (Å²) in [4.78, 5) is 22.3. The molecule has 1 aromatic heterocycles. The fraction of sp³-hybridized carbons (Fsp3) is 0.481. The van der Waals surface area contributed by atoms with Gasteiger partial charge >= 0.3 is 0 Å². The van der Waals surface area contributed by atoms with E-state index in [1.807, 2.05) is 45.0 Å². The smallest absolute Gasteiger partial charge is 0.260 e. The van der Waals surface area contributed by atoms with E-state index in [2.05, 4.69) is 0 Å². The van der Waals surface area contributed by atoms with Crippen molar-refractivity contribution >= 4 is 42.6 Å². The number of hydrogen-bond donors (Lipinski definition) is 0. The number of aromatic nitrogens is 1. The van der Waals surface area contributed by atoms with E-state index in [0.717, 1.165) is 35.9 Å². The van der Waals surface area contributed by atoms with E-state index >= 15 is 0 Å². The number of hydrogen-bond acceptors (Lipinski definition) is 8. The molecule has 2 aromatic carbocycles. The number of nitrogens with zero attached hydrogens (tertiary/aromatic N) is 4. The second-order valence-corrected chi connectivity index (χ2v) is 12.5. The first-order valence-electron chi connectivity index (χ1n) is 13.0. The number of thiazole rings is 1. The number of benzene rings is 2. The van der Waals surface area contributed by atoms with Crippen molar-refractivity contribution in [1.29, 1.82) is 0 Å². The Morgan fingerprint density at radius 1 is 0.947 bits per heavy atom. The van der Waals surface area contributed by atoms with Crippen molar-refractivity contribution < 1.29 is 22.7 Å². The highest BCUT2D eigenvalue weighted by Crippen LogP contribution is 2.40. The highest BCUT2D eigenvalue weighted by atomic mass is 32.2. The zero-order valence-corrected chi connectivity index (χ0v) is 24.1. The lowest BCUT2D eigenvalue weighted by Crippen LogP contribution is -2.37. The number of likely N-dealkylation sites (N-methyl/N-ethyl adjacent to an activating group) is 1. The first-order chi connectivity index (χ1) is 18.2. The standard InChI is InChI=1S/C27H36N4O5S2/c1-5-7-13-30(14-8-6-2)38(33,34)21-11-9-20(10-12-21)26(32)31(16-15-29(3)4)27-28-22-17-23-24(36-19-35-23)18-25(22)37-27/h9-12,17-18H,5-8,13-16,19H2,1-4H3. The van der Waals surface area contributed by atoms with Crippen LogP contribution in [0.4, 0.5) is 5.13 Å². The molecule has 0 unspecified atom stereocenters. The van der Waals surface area contributed by atoms with E-state index in [-0.39, 0.29) is 17.6 Å². The zero-order valence-electron chi connectivity index (χ0n) is 22.5. The van der Waals surface area contributed by atoms with E-state index in [1.54, 1.807) is 21.3 Å². The van der Waals surface area contributed by atoms with Crippen molar-refractivity contribution in [3.63, 3.8) is 0 Å². The van der Waals surface area contributed by atoms with E-state index < -0.39 is 10.0 Å². The van der Waals surface area contributed by atoms with Crippen LogP contribution in [-0.2, 0) is 10.0 Å². The van der Waals surface area contributed by atoms with Gasteiger partial charge in [0.1, 0.15) is 0 Å². The molecular weight excluding hydrogens is 524 g/mol. The molecule has 11 heteroatoms. The molecule has 3 aromatic rings. The molecule has 0 N–H and O–H groups in total. The van der Waals surface area contributed by atoms with Crippen LogP contribution in [0.2, 0.25) is 0 Å². The molecule has 0 saturated carbocycles. The molecule has 0 atom stereocenters. The molecule has 0 radical (unpaired) electrons. The molecular formula is C27H36N4O5S2. The monoisotopic (exact) mass is 560 g/mol. The quantitative estimate of drug-likeness (QED) is 0.296. The third-order valence-electron chi connectivity index (χ3n) is 6.38. The Bertz CT molecular complexity index is 1310. The molecule has 0 fully saturated rings. The van der Waals surface area contributed by atoms with Gasteiger partial charge in [0, 0.05) is 43.9 Å². The Balaban J connectivity index is 1.60. The molecule has 4 rings (SSSR count). The second-order valence-electron chi connectivity index (χ2n) is 9.57. The Labute approximate surface area is 229 Å². The van der Waals surface area contributed by atoms with Crippen LogP contribution in [0.25, 0.3) is 10.2 Å². The van der Waals surface area contributed by atoms with Gasteiger partial charge in [-0.1, -0.05) is 38.0 Å². The lowest BCUT2D eigenvalue weighted by atomic mass is 10.2. The van der Waals surface area contributed by atoms with Crippen LogP contribution in [-0.4, -0.2) is 75.6 Å². The number of unbranched alkanes of at least 4 members (excludes halogenated alkanes) is 2. The highest BCUT2D eigenvalue weighted by molar-refractivity contribution is 7.89. The molecule has 0 spiro atoms. The van der Waals surface area contributed by atoms with Gasteiger partial charge in [-0.25, -0.2) is 13.4 Å². The van der Waals surface area contributed by atoms with Crippen molar-refractivity contribution in [2.24, 2.45) is 0 Å². The SMILES string of the molecule is CCCCN(CCCC)S(=O)(=O)c1ccc(C(=O)N(CCN(C)C)c2nc3cc4c(cc3s2)OCO4)cc1. The van der Waals surface area contributed by atoms with Crippen molar-refractivity contribution in [1.82, 2.24) is 14.2 Å². The van der Waals surface area contributed by atoms with Crippen LogP contribution in [0, 0.1) is 0 Å². The average Bonchev–Trinajstić information content (AvgIpc) is 3.53. The third kappa shape index (κ3) is 6.28. The minimum atomic E-state index is -3.64. The molecule has 2 heterocycles. The molecule has 206 valence electrons. The molecule has 0 bridgehead atoms. The summed E-state index contributed by atoms with van der Waals surface area (Å²) in [5.41, 5.74) is 1.14. The maximum atomic E-state index is 13.7. The molecule has 1 aliphatic heterocycles. The number of rotatable bonds is 13. The summed E-state index contributed by atoms with van der Waals surface area (Å²) in [6.07, 6.45) is 3.46. The number of amides is 1. The van der Waals surface area contributed by atoms with Crippen LogP contribution in [0.1, 0.15) is 49.9 Å². The van der Waals surface area contributed by atoms with Crippen LogP contribution < -0.4 is 14.4 Å². The van der Waals surface area contributed by atoms with Gasteiger partial charge in [-0.3, -0.25) is 9.69 Å². The largest absolute Gasteiger partial charge is 0.454 e. The predicted octanol–water partition coefficient (Wildman–Crippen LogP) is 4.82. The fourth-order valence-corrected chi connectivity index (χ4v) is 6.62. The number of carbonyl (C=O) groups is 1. The van der Waals surface area contributed by atoms with Gasteiger partial charge in [0.2, 0.25) is 16.8 Å². The first-order valence-corrected chi connectivity index (χ1v) is 15.3. The van der Waals surface area contributed by atoms with Crippen molar-refractivity contribution in [3.8, 4) is 11.5 Å². The summed E-state index contributed by atoms with van der Waals surface area (Å²) in [6.45, 7) is 6.35. The molecule has 38 heavy (non-hydrogen) atoms. The Kier molecular flexibility index (Phi) is 9.24. The van der Waals surface area contributed by atoms with E-state index in [4.69, 9.17) is 14.5 Å². The van der Waals surface area contributed by atoms with E-state index in [0.29, 0.717) is 48.4 Å². The summed E-state index contributed by atoms with van der Waals surface area (Å²) >= 11 is 1.41. The zero-order chi connectivity index (χ0) is 27.3. The van der Waals surface area contributed by atoms with Gasteiger partial charge in [-0.05, 0) is 51.2 Å². The van der Waals surface area contributed by atoms with Crippen molar-refractivity contribution in [2.45, 2.75) is 44.4 Å². The molecule has 9 nitrogen and oxygen atoms in total. The maximum Gasteiger partial charge on any atom is 0.260 e. The predicted molar refractivity (Wildman–Crippen MR) is 151 cm³/mol. The van der Waals surface area contributed by atoms with Gasteiger partial charge < -0.3 is 14.4 Å². The van der Waals surface area contributed by atoms with Crippen LogP contribution >= 0.6 is 11.3 Å². The van der Waals surface area contributed by atoms with Crippen LogP contribution in [0.5, 0.6) is 11.5 Å². The van der Waals surface area contributed by atoms with Gasteiger partial charge in [0.25, 0.3) is 5.91 Å². The second kappa shape index (κ2) is 12.4. The lowest BCUT2D eigenvalue weighted by molar-refractivity contribution is 0.0985. The lowest BCUT2D eigenvalue weighted by Gasteiger charge is -2.23. The van der Waals surface area contributed by atoms with Crippen molar-refractivity contribution in [2.75, 3.05) is 52.0 Å². The fourth-order valence-electron chi connectivity index (χ4n) is 4.10. The van der Waals surface area contributed by atoms with E-state index in [1.165, 1.54) is 23.5 Å². The summed E-state index contributed by atoms with van der Waals surface area (Å²) < 4.78 is 40.1. The normalized spacial score (nSPS) is 13.1. The van der Waals surface area contributed by atoms with Gasteiger partial charge in [0.15, 0.2) is 16.6 Å². The average molecular weight is 561 g/mol. The molecule has 0 saturated heterocycles. The highest BCUT2D eigenvalue weighted by Gasteiger charge is 2.26. The molecule has 0 aliphatic carbocycles. The minimum Gasteiger partial charge on any atom is -0.454 e. The number of sulfonamides is 1. The number of carbonyl (C=O) groups excluding carboxylic acids is 1. The molecule has 1 aliphatic rings. The number of anilines is 1. The Morgan fingerprint density at radius 3 is 2.18 bits per heavy atom. The topological polar surface area (TPSA) is 92.3 Å². The summed E-state index contributed by atoms with van der Waals surface area (Å²) in [7, 11) is 0.258. The minimum absolute atomic E-state index is 0.188. The van der Waals surface area contributed by atoms with Gasteiger partial charge in [-0.2, -0.15) is 4.31 Å². The molecule has 1 amide bonds. The Hall–Kier alpha value is -2.73. The van der Waals surface area contributed by atoms with Gasteiger partial charge in [0.05, 0.1) is 15.1 Å².